The Balaban J connectivity index is 2.03. The summed E-state index contributed by atoms with van der Waals surface area (Å²) in [5.74, 6) is 7.34. The standard InChI is InChI=1S/C7H12N2/c8-9-6-4-2-1-3-5-7(6)9/h6,8H,1-5H2. The van der Waals surface area contributed by atoms with Crippen molar-refractivity contribution in [3.63, 3.8) is 0 Å². The summed E-state index contributed by atoms with van der Waals surface area (Å²) in [5, 5.41) is 0. The zero-order valence-electron chi connectivity index (χ0n) is 5.56. The molecule has 0 bridgehead atoms. The van der Waals surface area contributed by atoms with Crippen LogP contribution in [-0.2, 0) is 0 Å². The topological polar surface area (TPSA) is 26.8 Å². The molecule has 2 heteroatoms. The first kappa shape index (κ1) is 5.27. The quantitative estimate of drug-likeness (QED) is 0.440. The van der Waals surface area contributed by atoms with Crippen LogP contribution in [0.25, 0.3) is 5.84 Å². The van der Waals surface area contributed by atoms with Crippen LogP contribution >= 0.6 is 0 Å². The number of hydrogen-bond acceptors (Lipinski definition) is 0. The summed E-state index contributed by atoms with van der Waals surface area (Å²) in [6.07, 6.45) is 6.49. The van der Waals surface area contributed by atoms with E-state index in [0.717, 1.165) is 0 Å². The number of rotatable bonds is 0. The van der Waals surface area contributed by atoms with E-state index < -0.39 is 0 Å². The van der Waals surface area contributed by atoms with Crippen LogP contribution in [0.1, 0.15) is 32.1 Å². The van der Waals surface area contributed by atoms with Crippen molar-refractivity contribution in [1.82, 2.24) is 0 Å². The fourth-order valence-corrected chi connectivity index (χ4v) is 1.69. The maximum Gasteiger partial charge on any atom is 0.226 e. The second-order valence-electron chi connectivity index (χ2n) is 2.98. The maximum atomic E-state index is 7.34. The molecule has 1 unspecified atom stereocenters. The minimum absolute atomic E-state index is 0.576. The van der Waals surface area contributed by atoms with E-state index >= 15 is 0 Å². The van der Waals surface area contributed by atoms with Gasteiger partial charge in [-0.2, -0.15) is 0 Å². The molecule has 9 heavy (non-hydrogen) atoms. The van der Waals surface area contributed by atoms with E-state index in [0.29, 0.717) is 6.04 Å². The molecule has 2 aliphatic rings. The van der Waals surface area contributed by atoms with Crippen molar-refractivity contribution < 1.29 is 4.68 Å². The van der Waals surface area contributed by atoms with Gasteiger partial charge in [-0.3, -0.25) is 4.68 Å². The molecule has 50 valence electrons. The Bertz CT molecular complexity index is 160. The Morgan fingerprint density at radius 1 is 1.33 bits per heavy atom. The van der Waals surface area contributed by atoms with Gasteiger partial charge in [0.1, 0.15) is 0 Å². The molecule has 0 aromatic heterocycles. The second-order valence-corrected chi connectivity index (χ2v) is 2.98. The third-order valence-electron chi connectivity index (χ3n) is 2.35. The smallest absolute Gasteiger partial charge is 0.226 e. The lowest BCUT2D eigenvalue weighted by Crippen LogP contribution is -1.95. The van der Waals surface area contributed by atoms with Crippen LogP contribution in [0.3, 0.4) is 0 Å². The Morgan fingerprint density at radius 3 is 3.11 bits per heavy atom. The first-order valence-electron chi connectivity index (χ1n) is 3.76. The molecule has 0 amide bonds. The predicted octanol–water partition coefficient (Wildman–Crippen LogP) is 1.75. The zero-order valence-corrected chi connectivity index (χ0v) is 5.56. The normalized spacial score (nSPS) is 33.6. The van der Waals surface area contributed by atoms with Crippen molar-refractivity contribution in [2.24, 2.45) is 0 Å². The number of nitrogens with one attached hydrogen (secondary N) is 1. The minimum Gasteiger partial charge on any atom is -0.454 e. The Hall–Kier alpha value is -0.530. The minimum atomic E-state index is 0.576. The lowest BCUT2D eigenvalue weighted by atomic mass is 10.2. The van der Waals surface area contributed by atoms with Gasteiger partial charge in [0, 0.05) is 12.8 Å². The zero-order chi connectivity index (χ0) is 6.27. The third kappa shape index (κ3) is 0.732. The van der Waals surface area contributed by atoms with Crippen LogP contribution in [-0.4, -0.2) is 16.4 Å². The van der Waals surface area contributed by atoms with E-state index in [2.05, 4.69) is 0 Å². The number of nitrogens with zero attached hydrogens (tertiary/aromatic N) is 1. The van der Waals surface area contributed by atoms with Gasteiger partial charge in [0.25, 0.3) is 0 Å². The van der Waals surface area contributed by atoms with Crippen LogP contribution < -0.4 is 0 Å². The van der Waals surface area contributed by atoms with Crippen LogP contribution in [0.4, 0.5) is 0 Å². The summed E-state index contributed by atoms with van der Waals surface area (Å²) in [7, 11) is 0. The number of hydrogen-bond donors (Lipinski definition) is 0. The van der Waals surface area contributed by atoms with E-state index in [1.54, 1.807) is 4.68 Å². The summed E-state index contributed by atoms with van der Waals surface area (Å²) >= 11 is 0. The van der Waals surface area contributed by atoms with Crippen molar-refractivity contribution in [2.45, 2.75) is 38.1 Å². The first-order valence-corrected chi connectivity index (χ1v) is 3.76. The molecule has 2 rings (SSSR count). The van der Waals surface area contributed by atoms with Gasteiger partial charge in [-0.1, -0.05) is 6.42 Å². The maximum absolute atomic E-state index is 7.34. The highest BCUT2D eigenvalue weighted by Crippen LogP contribution is 2.26. The molecule has 0 radical (unpaired) electrons. The molecule has 1 atom stereocenters. The van der Waals surface area contributed by atoms with E-state index in [1.165, 1.54) is 37.8 Å². The average molecular weight is 124 g/mol. The average Bonchev–Trinajstić information content (AvgIpc) is 2.51. The molecule has 0 saturated heterocycles. The van der Waals surface area contributed by atoms with E-state index in [1.807, 2.05) is 0 Å². The van der Waals surface area contributed by atoms with Crippen LogP contribution in [0, 0.1) is 0 Å². The summed E-state index contributed by atoms with van der Waals surface area (Å²) in [6, 6.07) is 0.576. The molecular formula is C7H12N2. The second kappa shape index (κ2) is 1.72. The molecule has 2 nitrogen and oxygen atoms in total. The highest BCUT2D eigenvalue weighted by atomic mass is 15.4. The molecule has 0 aromatic rings. The third-order valence-corrected chi connectivity index (χ3v) is 2.35. The molecule has 1 fully saturated rings. The van der Waals surface area contributed by atoms with E-state index in [4.69, 9.17) is 5.84 Å². The fourth-order valence-electron chi connectivity index (χ4n) is 1.69. The van der Waals surface area contributed by atoms with Gasteiger partial charge in [0.2, 0.25) is 11.8 Å². The van der Waals surface area contributed by atoms with Gasteiger partial charge in [0.05, 0.1) is 0 Å². The Labute approximate surface area is 55.3 Å². The van der Waals surface area contributed by atoms with E-state index in [-0.39, 0.29) is 0 Å². The highest BCUT2D eigenvalue weighted by Gasteiger charge is 2.42. The largest absolute Gasteiger partial charge is 0.454 e. The molecule has 0 spiro atoms. The lowest BCUT2D eigenvalue weighted by Gasteiger charge is -1.91. The van der Waals surface area contributed by atoms with Crippen molar-refractivity contribution >= 4 is 5.71 Å². The van der Waals surface area contributed by atoms with Crippen molar-refractivity contribution in [3.8, 4) is 0 Å². The summed E-state index contributed by atoms with van der Waals surface area (Å²) in [4.78, 5) is 0. The lowest BCUT2D eigenvalue weighted by molar-refractivity contribution is -0.397. The fraction of sp³-hybridized carbons (Fsp3) is 0.857. The van der Waals surface area contributed by atoms with Crippen LogP contribution in [0.5, 0.6) is 0 Å². The van der Waals surface area contributed by atoms with E-state index in [9.17, 15) is 0 Å². The predicted molar refractivity (Wildman–Crippen MR) is 36.5 cm³/mol. The molecule has 1 heterocycles. The molecule has 1 aliphatic carbocycles. The van der Waals surface area contributed by atoms with Crippen LogP contribution in [0.2, 0.25) is 0 Å². The summed E-state index contributed by atoms with van der Waals surface area (Å²) in [5.41, 5.74) is 1.40. The van der Waals surface area contributed by atoms with Gasteiger partial charge < -0.3 is 5.84 Å². The Kier molecular flexibility index (Phi) is 1.01. The number of fused-ring (bicyclic) bond motifs is 1. The molecular weight excluding hydrogens is 112 g/mol. The monoisotopic (exact) mass is 124 g/mol. The van der Waals surface area contributed by atoms with Gasteiger partial charge in [-0.05, 0) is 12.8 Å². The molecule has 0 aromatic carbocycles. The summed E-state index contributed by atoms with van der Waals surface area (Å²) in [6.45, 7) is 0. The molecule has 1 saturated carbocycles. The van der Waals surface area contributed by atoms with Crippen LogP contribution in [0.15, 0.2) is 0 Å². The van der Waals surface area contributed by atoms with Crippen molar-refractivity contribution in [3.05, 3.63) is 5.84 Å². The van der Waals surface area contributed by atoms with Crippen molar-refractivity contribution in [1.29, 1.82) is 0 Å². The SMILES string of the molecule is [NH-][N+]1=C2CCCCCC21. The molecule has 1 aliphatic heterocycles. The molecule has 1 N–H and O–H groups in total. The van der Waals surface area contributed by atoms with Crippen molar-refractivity contribution in [2.75, 3.05) is 0 Å². The highest BCUT2D eigenvalue weighted by molar-refractivity contribution is 5.91. The van der Waals surface area contributed by atoms with Gasteiger partial charge >= 0.3 is 0 Å². The van der Waals surface area contributed by atoms with Gasteiger partial charge in [-0.25, -0.2) is 0 Å². The van der Waals surface area contributed by atoms with Gasteiger partial charge in [0.15, 0.2) is 0 Å². The first-order chi connectivity index (χ1) is 4.39. The summed E-state index contributed by atoms with van der Waals surface area (Å²) < 4.78 is 1.69. The Morgan fingerprint density at radius 2 is 2.22 bits per heavy atom. The van der Waals surface area contributed by atoms with Gasteiger partial charge in [-0.15, -0.1) is 0 Å².